The zero-order valence-electron chi connectivity index (χ0n) is 15.4. The first-order valence-corrected chi connectivity index (χ1v) is 10.3. The van der Waals surface area contributed by atoms with E-state index >= 15 is 0 Å². The van der Waals surface area contributed by atoms with Crippen molar-refractivity contribution in [3.8, 4) is 0 Å². The third-order valence-electron chi connectivity index (χ3n) is 5.01. The Morgan fingerprint density at radius 2 is 2.19 bits per heavy atom. The van der Waals surface area contributed by atoms with Crippen molar-refractivity contribution in [2.24, 2.45) is 5.92 Å². The zero-order chi connectivity index (χ0) is 18.4. The van der Waals surface area contributed by atoms with Crippen LogP contribution in [0.25, 0.3) is 0 Å². The van der Waals surface area contributed by atoms with Gasteiger partial charge in [-0.25, -0.2) is 4.98 Å². The van der Waals surface area contributed by atoms with Crippen LogP contribution in [-0.2, 0) is 27.3 Å². The Morgan fingerprint density at radius 1 is 1.38 bits per heavy atom. The van der Waals surface area contributed by atoms with Crippen molar-refractivity contribution in [1.29, 1.82) is 0 Å². The van der Waals surface area contributed by atoms with Crippen molar-refractivity contribution in [1.82, 2.24) is 20.1 Å². The standard InChI is InChI=1S/C18H28N4O3S/c1-2-16-20-15(13-26-16)11-19-18(24)14-3-4-17(23)22(12-14)6-5-21-7-9-25-10-8-21/h13-14H,2-12H2,1H3,(H,19,24)/t14-/m1/s1. The smallest absolute Gasteiger partial charge is 0.225 e. The summed E-state index contributed by atoms with van der Waals surface area (Å²) in [5.74, 6) is 0.0657. The van der Waals surface area contributed by atoms with Crippen LogP contribution in [0.3, 0.4) is 0 Å². The van der Waals surface area contributed by atoms with Crippen LogP contribution in [0.15, 0.2) is 5.38 Å². The van der Waals surface area contributed by atoms with Crippen LogP contribution in [0.4, 0.5) is 0 Å². The minimum atomic E-state index is -0.123. The highest BCUT2D eigenvalue weighted by molar-refractivity contribution is 7.09. The van der Waals surface area contributed by atoms with Crippen molar-refractivity contribution in [2.75, 3.05) is 45.9 Å². The van der Waals surface area contributed by atoms with Gasteiger partial charge in [0.25, 0.3) is 0 Å². The van der Waals surface area contributed by atoms with Crippen LogP contribution >= 0.6 is 11.3 Å². The number of nitrogens with zero attached hydrogens (tertiary/aromatic N) is 3. The van der Waals surface area contributed by atoms with E-state index in [0.717, 1.165) is 50.0 Å². The molecule has 1 aromatic rings. The van der Waals surface area contributed by atoms with Crippen molar-refractivity contribution in [3.05, 3.63) is 16.1 Å². The molecule has 0 bridgehead atoms. The minimum Gasteiger partial charge on any atom is -0.379 e. The molecule has 0 aliphatic carbocycles. The van der Waals surface area contributed by atoms with Gasteiger partial charge in [0.15, 0.2) is 0 Å². The minimum absolute atomic E-state index is 0.0277. The fourth-order valence-corrected chi connectivity index (χ4v) is 4.09. The van der Waals surface area contributed by atoms with Gasteiger partial charge in [0, 0.05) is 44.5 Å². The van der Waals surface area contributed by atoms with E-state index in [1.54, 1.807) is 11.3 Å². The summed E-state index contributed by atoms with van der Waals surface area (Å²) in [7, 11) is 0. The molecule has 0 spiro atoms. The van der Waals surface area contributed by atoms with Gasteiger partial charge in [0.1, 0.15) is 0 Å². The van der Waals surface area contributed by atoms with Crippen molar-refractivity contribution >= 4 is 23.2 Å². The number of nitrogens with one attached hydrogen (secondary N) is 1. The number of aryl methyl sites for hydroxylation is 1. The van der Waals surface area contributed by atoms with E-state index in [-0.39, 0.29) is 17.7 Å². The first kappa shape index (κ1) is 19.3. The maximum atomic E-state index is 12.5. The lowest BCUT2D eigenvalue weighted by atomic mass is 9.96. The number of morpholine rings is 1. The number of carbonyl (C=O) groups excluding carboxylic acids is 2. The summed E-state index contributed by atoms with van der Waals surface area (Å²) in [6.07, 6.45) is 2.01. The highest BCUT2D eigenvalue weighted by Crippen LogP contribution is 2.18. The van der Waals surface area contributed by atoms with Gasteiger partial charge >= 0.3 is 0 Å². The topological polar surface area (TPSA) is 74.8 Å². The quantitative estimate of drug-likeness (QED) is 0.761. The molecule has 144 valence electrons. The monoisotopic (exact) mass is 380 g/mol. The van der Waals surface area contributed by atoms with Gasteiger partial charge in [-0.3, -0.25) is 14.5 Å². The van der Waals surface area contributed by atoms with Gasteiger partial charge in [-0.1, -0.05) is 6.92 Å². The molecule has 3 heterocycles. The molecule has 2 fully saturated rings. The van der Waals surface area contributed by atoms with Crippen LogP contribution in [-0.4, -0.2) is 72.5 Å². The highest BCUT2D eigenvalue weighted by Gasteiger charge is 2.30. The highest BCUT2D eigenvalue weighted by atomic mass is 32.1. The lowest BCUT2D eigenvalue weighted by molar-refractivity contribution is -0.138. The Hall–Kier alpha value is -1.51. The van der Waals surface area contributed by atoms with Gasteiger partial charge < -0.3 is 15.0 Å². The Kier molecular flexibility index (Phi) is 6.99. The number of piperidine rings is 1. The average molecular weight is 381 g/mol. The second-order valence-corrected chi connectivity index (χ2v) is 7.78. The summed E-state index contributed by atoms with van der Waals surface area (Å²) in [4.78, 5) is 33.3. The number of rotatable bonds is 7. The summed E-state index contributed by atoms with van der Waals surface area (Å²) >= 11 is 1.63. The normalized spacial score (nSPS) is 21.8. The Morgan fingerprint density at radius 3 is 2.92 bits per heavy atom. The van der Waals surface area contributed by atoms with E-state index in [0.29, 0.717) is 32.5 Å². The van der Waals surface area contributed by atoms with Gasteiger partial charge in [0.05, 0.1) is 36.4 Å². The number of hydrogen-bond acceptors (Lipinski definition) is 6. The molecular weight excluding hydrogens is 352 g/mol. The molecule has 1 aromatic heterocycles. The van der Waals surface area contributed by atoms with Crippen LogP contribution < -0.4 is 5.32 Å². The number of carbonyl (C=O) groups is 2. The maximum absolute atomic E-state index is 12.5. The first-order valence-electron chi connectivity index (χ1n) is 9.44. The molecule has 0 aromatic carbocycles. The molecule has 26 heavy (non-hydrogen) atoms. The summed E-state index contributed by atoms with van der Waals surface area (Å²) in [6, 6.07) is 0. The fourth-order valence-electron chi connectivity index (χ4n) is 3.35. The third kappa shape index (κ3) is 5.25. The molecule has 8 heteroatoms. The number of ether oxygens (including phenoxy) is 1. The van der Waals surface area contributed by atoms with Crippen molar-refractivity contribution < 1.29 is 14.3 Å². The summed E-state index contributed by atoms with van der Waals surface area (Å²) in [6.45, 7) is 7.95. The molecule has 7 nitrogen and oxygen atoms in total. The van der Waals surface area contributed by atoms with E-state index in [4.69, 9.17) is 4.74 Å². The van der Waals surface area contributed by atoms with Crippen LogP contribution in [0, 0.1) is 5.92 Å². The Balaban J connectivity index is 1.45. The lowest BCUT2D eigenvalue weighted by Gasteiger charge is -2.34. The largest absolute Gasteiger partial charge is 0.379 e. The lowest BCUT2D eigenvalue weighted by Crippen LogP contribution is -2.49. The molecule has 2 amide bonds. The molecule has 1 atom stereocenters. The average Bonchev–Trinajstić information content (AvgIpc) is 3.14. The second kappa shape index (κ2) is 9.43. The van der Waals surface area contributed by atoms with Crippen LogP contribution in [0.1, 0.15) is 30.5 Å². The number of thiazole rings is 1. The fraction of sp³-hybridized carbons (Fsp3) is 0.722. The molecule has 2 saturated heterocycles. The van der Waals surface area contributed by atoms with Crippen molar-refractivity contribution in [2.45, 2.75) is 32.7 Å². The summed E-state index contributed by atoms with van der Waals surface area (Å²) in [5.41, 5.74) is 0.913. The zero-order valence-corrected chi connectivity index (χ0v) is 16.2. The van der Waals surface area contributed by atoms with E-state index in [2.05, 4.69) is 22.1 Å². The molecule has 1 N–H and O–H groups in total. The SMILES string of the molecule is CCc1nc(CNC(=O)[C@@H]2CCC(=O)N(CCN3CCOCC3)C2)cs1. The van der Waals surface area contributed by atoms with E-state index in [9.17, 15) is 9.59 Å². The molecule has 0 unspecified atom stereocenters. The third-order valence-corrected chi connectivity index (χ3v) is 6.05. The molecule has 0 radical (unpaired) electrons. The summed E-state index contributed by atoms with van der Waals surface area (Å²) < 4.78 is 5.35. The van der Waals surface area contributed by atoms with E-state index in [1.807, 2.05) is 10.3 Å². The maximum Gasteiger partial charge on any atom is 0.225 e. The molecular formula is C18H28N4O3S. The van der Waals surface area contributed by atoms with Gasteiger partial charge in [-0.2, -0.15) is 0 Å². The Labute approximate surface area is 158 Å². The molecule has 0 saturated carbocycles. The van der Waals surface area contributed by atoms with Crippen molar-refractivity contribution in [3.63, 3.8) is 0 Å². The number of amides is 2. The number of hydrogen-bond donors (Lipinski definition) is 1. The van der Waals surface area contributed by atoms with Crippen LogP contribution in [0.5, 0.6) is 0 Å². The van der Waals surface area contributed by atoms with Gasteiger partial charge in [-0.05, 0) is 12.8 Å². The predicted molar refractivity (Wildman–Crippen MR) is 99.9 cm³/mol. The Bertz CT molecular complexity index is 615. The molecule has 2 aliphatic heterocycles. The van der Waals surface area contributed by atoms with Crippen LogP contribution in [0.2, 0.25) is 0 Å². The second-order valence-electron chi connectivity index (χ2n) is 6.83. The number of likely N-dealkylation sites (tertiary alicyclic amines) is 1. The molecule has 2 aliphatic rings. The van der Waals surface area contributed by atoms with E-state index in [1.165, 1.54) is 0 Å². The summed E-state index contributed by atoms with van der Waals surface area (Å²) in [5, 5.41) is 6.08. The van der Waals surface area contributed by atoms with Gasteiger partial charge in [-0.15, -0.1) is 11.3 Å². The first-order chi connectivity index (χ1) is 12.7. The molecule has 3 rings (SSSR count). The predicted octanol–water partition coefficient (Wildman–Crippen LogP) is 0.893. The van der Waals surface area contributed by atoms with E-state index < -0.39 is 0 Å². The number of aromatic nitrogens is 1. The van der Waals surface area contributed by atoms with Gasteiger partial charge in [0.2, 0.25) is 11.8 Å².